The molecular weight excluding hydrogens is 251 g/mol. The van der Waals surface area contributed by atoms with Crippen molar-refractivity contribution in [3.63, 3.8) is 0 Å². The molecule has 1 unspecified atom stereocenters. The zero-order chi connectivity index (χ0) is 14.5. The van der Waals surface area contributed by atoms with Gasteiger partial charge in [0.05, 0.1) is 0 Å². The molecule has 0 amide bonds. The van der Waals surface area contributed by atoms with Crippen LogP contribution in [0.1, 0.15) is 65.7 Å². The Bertz CT molecular complexity index is 255. The minimum absolute atomic E-state index is 0.0176. The first kappa shape index (κ1) is 16.8. The third-order valence-electron chi connectivity index (χ3n) is 4.32. The summed E-state index contributed by atoms with van der Waals surface area (Å²) in [5.74, 6) is 0.546. The zero-order valence-corrected chi connectivity index (χ0v) is 12.4. The Morgan fingerprint density at radius 2 is 1.74 bits per heavy atom. The van der Waals surface area contributed by atoms with E-state index in [-0.39, 0.29) is 17.9 Å². The van der Waals surface area contributed by atoms with Crippen molar-refractivity contribution >= 4 is 0 Å². The molecule has 0 saturated heterocycles. The van der Waals surface area contributed by atoms with E-state index in [0.29, 0.717) is 5.92 Å². The fraction of sp³-hybridized carbons (Fsp3) is 1.00. The molecule has 0 heterocycles. The van der Waals surface area contributed by atoms with Crippen molar-refractivity contribution in [1.29, 1.82) is 0 Å². The molecule has 0 spiro atoms. The van der Waals surface area contributed by atoms with Gasteiger partial charge in [0.25, 0.3) is 0 Å². The van der Waals surface area contributed by atoms with Gasteiger partial charge in [0.15, 0.2) is 0 Å². The van der Waals surface area contributed by atoms with Crippen LogP contribution < -0.4 is 5.32 Å². The smallest absolute Gasteiger partial charge is 0.314 e. The number of nitrogens with one attached hydrogen (secondary N) is 1. The van der Waals surface area contributed by atoms with E-state index in [1.807, 2.05) is 6.92 Å². The van der Waals surface area contributed by atoms with Gasteiger partial charge in [-0.15, -0.1) is 0 Å². The first-order chi connectivity index (χ1) is 8.79. The number of hydrogen-bond acceptors (Lipinski definition) is 1. The second-order valence-electron chi connectivity index (χ2n) is 6.43. The lowest BCUT2D eigenvalue weighted by molar-refractivity contribution is -0.138. The summed E-state index contributed by atoms with van der Waals surface area (Å²) in [5.41, 5.74) is 0.0927. The van der Waals surface area contributed by atoms with Gasteiger partial charge in [0.2, 0.25) is 0 Å². The number of alkyl halides is 3. The summed E-state index contributed by atoms with van der Waals surface area (Å²) >= 11 is 0. The fourth-order valence-electron chi connectivity index (χ4n) is 3.77. The standard InChI is InChI=1S/C15H28F3N/c1-4-19-13(7-10-15(16,17)18)14(11-12(2)3)8-5-6-9-14/h12-13,19H,4-11H2,1-3H3. The van der Waals surface area contributed by atoms with E-state index < -0.39 is 12.6 Å². The lowest BCUT2D eigenvalue weighted by Gasteiger charge is -2.40. The fourth-order valence-corrected chi connectivity index (χ4v) is 3.77. The topological polar surface area (TPSA) is 12.0 Å². The van der Waals surface area contributed by atoms with Gasteiger partial charge in [-0.3, -0.25) is 0 Å². The van der Waals surface area contributed by atoms with Crippen LogP contribution in [0, 0.1) is 11.3 Å². The van der Waals surface area contributed by atoms with Gasteiger partial charge in [-0.05, 0) is 43.6 Å². The van der Waals surface area contributed by atoms with Crippen molar-refractivity contribution in [2.24, 2.45) is 11.3 Å². The normalized spacial score (nSPS) is 21.0. The molecule has 19 heavy (non-hydrogen) atoms. The molecule has 1 aliphatic carbocycles. The van der Waals surface area contributed by atoms with Crippen molar-refractivity contribution in [2.45, 2.75) is 77.9 Å². The Hall–Kier alpha value is -0.250. The summed E-state index contributed by atoms with van der Waals surface area (Å²) in [4.78, 5) is 0. The summed E-state index contributed by atoms with van der Waals surface area (Å²) < 4.78 is 37.5. The van der Waals surface area contributed by atoms with Gasteiger partial charge in [0.1, 0.15) is 0 Å². The molecule has 1 saturated carbocycles. The predicted molar refractivity (Wildman–Crippen MR) is 73.1 cm³/mol. The van der Waals surface area contributed by atoms with E-state index in [9.17, 15) is 13.2 Å². The Labute approximate surface area is 115 Å². The molecule has 0 aliphatic heterocycles. The van der Waals surface area contributed by atoms with E-state index in [4.69, 9.17) is 0 Å². The van der Waals surface area contributed by atoms with Gasteiger partial charge in [-0.25, -0.2) is 0 Å². The van der Waals surface area contributed by atoms with Crippen molar-refractivity contribution < 1.29 is 13.2 Å². The Morgan fingerprint density at radius 3 is 2.16 bits per heavy atom. The van der Waals surface area contributed by atoms with E-state index in [2.05, 4.69) is 19.2 Å². The zero-order valence-electron chi connectivity index (χ0n) is 12.4. The molecule has 114 valence electrons. The highest BCUT2D eigenvalue weighted by Gasteiger charge is 2.42. The second-order valence-corrected chi connectivity index (χ2v) is 6.43. The average molecular weight is 279 g/mol. The summed E-state index contributed by atoms with van der Waals surface area (Å²) in [7, 11) is 0. The number of hydrogen-bond donors (Lipinski definition) is 1. The van der Waals surface area contributed by atoms with Gasteiger partial charge < -0.3 is 5.32 Å². The third kappa shape index (κ3) is 5.33. The van der Waals surface area contributed by atoms with Crippen LogP contribution in [0.3, 0.4) is 0 Å². The predicted octanol–water partition coefficient (Wildman–Crippen LogP) is 4.91. The van der Waals surface area contributed by atoms with Crippen molar-refractivity contribution in [3.8, 4) is 0 Å². The maximum absolute atomic E-state index is 12.5. The van der Waals surface area contributed by atoms with Crippen LogP contribution in [-0.4, -0.2) is 18.8 Å². The molecule has 0 aromatic carbocycles. The number of halogens is 3. The minimum Gasteiger partial charge on any atom is -0.314 e. The van der Waals surface area contributed by atoms with Gasteiger partial charge >= 0.3 is 6.18 Å². The lowest BCUT2D eigenvalue weighted by Crippen LogP contribution is -2.45. The molecule has 1 atom stereocenters. The quantitative estimate of drug-likeness (QED) is 0.698. The Morgan fingerprint density at radius 1 is 1.16 bits per heavy atom. The van der Waals surface area contributed by atoms with Gasteiger partial charge in [-0.1, -0.05) is 33.6 Å². The highest BCUT2D eigenvalue weighted by molar-refractivity contribution is 4.95. The van der Waals surface area contributed by atoms with Crippen molar-refractivity contribution in [2.75, 3.05) is 6.54 Å². The van der Waals surface area contributed by atoms with Crippen molar-refractivity contribution in [1.82, 2.24) is 5.32 Å². The van der Waals surface area contributed by atoms with Crippen LogP contribution in [0.15, 0.2) is 0 Å². The third-order valence-corrected chi connectivity index (χ3v) is 4.32. The highest BCUT2D eigenvalue weighted by atomic mass is 19.4. The van der Waals surface area contributed by atoms with Crippen LogP contribution in [0.2, 0.25) is 0 Å². The largest absolute Gasteiger partial charge is 0.389 e. The molecule has 1 aliphatic rings. The SMILES string of the molecule is CCNC(CCC(F)(F)F)C1(CC(C)C)CCCC1. The van der Waals surface area contributed by atoms with E-state index in [1.54, 1.807) is 0 Å². The van der Waals surface area contributed by atoms with Crippen LogP contribution in [0.5, 0.6) is 0 Å². The van der Waals surface area contributed by atoms with Crippen LogP contribution >= 0.6 is 0 Å². The molecule has 0 aromatic heterocycles. The van der Waals surface area contributed by atoms with E-state index in [1.165, 1.54) is 12.8 Å². The van der Waals surface area contributed by atoms with E-state index >= 15 is 0 Å². The van der Waals surface area contributed by atoms with Gasteiger partial charge in [0, 0.05) is 12.5 Å². The van der Waals surface area contributed by atoms with Crippen LogP contribution in [-0.2, 0) is 0 Å². The molecule has 4 heteroatoms. The first-order valence-corrected chi connectivity index (χ1v) is 7.59. The molecule has 1 nitrogen and oxygen atoms in total. The van der Waals surface area contributed by atoms with Crippen molar-refractivity contribution in [3.05, 3.63) is 0 Å². The molecule has 1 rings (SSSR count). The van der Waals surface area contributed by atoms with E-state index in [0.717, 1.165) is 25.8 Å². The second kappa shape index (κ2) is 6.96. The Balaban J connectivity index is 2.74. The Kier molecular flexibility index (Phi) is 6.15. The first-order valence-electron chi connectivity index (χ1n) is 7.59. The van der Waals surface area contributed by atoms with Crippen LogP contribution in [0.4, 0.5) is 13.2 Å². The molecule has 1 N–H and O–H groups in total. The maximum Gasteiger partial charge on any atom is 0.389 e. The average Bonchev–Trinajstić information content (AvgIpc) is 2.71. The molecule has 0 aromatic rings. The summed E-state index contributed by atoms with van der Waals surface area (Å²) in [6.45, 7) is 7.08. The summed E-state index contributed by atoms with van der Waals surface area (Å²) in [6, 6.07) is 0.0176. The lowest BCUT2D eigenvalue weighted by atomic mass is 9.71. The van der Waals surface area contributed by atoms with Gasteiger partial charge in [-0.2, -0.15) is 13.2 Å². The number of rotatable bonds is 7. The molecule has 0 radical (unpaired) electrons. The highest BCUT2D eigenvalue weighted by Crippen LogP contribution is 2.47. The monoisotopic (exact) mass is 279 g/mol. The molecule has 0 bridgehead atoms. The maximum atomic E-state index is 12.5. The summed E-state index contributed by atoms with van der Waals surface area (Å²) in [6.07, 6.45) is 1.07. The summed E-state index contributed by atoms with van der Waals surface area (Å²) in [5, 5.41) is 3.34. The molecular formula is C15H28F3N. The van der Waals surface area contributed by atoms with Crippen LogP contribution in [0.25, 0.3) is 0 Å². The molecule has 1 fully saturated rings. The minimum atomic E-state index is -4.04.